The Kier molecular flexibility index (Phi) is 3.00. The Morgan fingerprint density at radius 1 is 1.73 bits per heavy atom. The van der Waals surface area contributed by atoms with Crippen LogP contribution in [-0.4, -0.2) is 28.5 Å². The second-order valence-corrected chi connectivity index (χ2v) is 2.12. The van der Waals surface area contributed by atoms with Gasteiger partial charge in [0.2, 0.25) is 0 Å². The number of nitrogens with zero attached hydrogens (tertiary/aromatic N) is 3. The highest BCUT2D eigenvalue weighted by Crippen LogP contribution is 1.87. The molecule has 0 aliphatic rings. The summed E-state index contributed by atoms with van der Waals surface area (Å²) in [6.07, 6.45) is 1.65. The number of hydrogen-bond donors (Lipinski definition) is 1. The molecular formula is C6H12N4O. The third-order valence-corrected chi connectivity index (χ3v) is 1.29. The molecule has 0 aliphatic heterocycles. The average molecular weight is 156 g/mol. The Balaban J connectivity index is 2.44. The third-order valence-electron chi connectivity index (χ3n) is 1.29. The highest BCUT2D eigenvalue weighted by atomic mass is 16.5. The van der Waals surface area contributed by atoms with Gasteiger partial charge in [0.15, 0.2) is 5.82 Å². The monoisotopic (exact) mass is 156 g/mol. The van der Waals surface area contributed by atoms with E-state index in [1.807, 2.05) is 0 Å². The van der Waals surface area contributed by atoms with Crippen LogP contribution in [0.2, 0.25) is 0 Å². The first-order chi connectivity index (χ1) is 5.36. The Morgan fingerprint density at radius 2 is 2.55 bits per heavy atom. The maximum absolute atomic E-state index is 5.32. The lowest BCUT2D eigenvalue weighted by molar-refractivity contribution is 0.183. The van der Waals surface area contributed by atoms with Gasteiger partial charge in [0, 0.05) is 7.11 Å². The largest absolute Gasteiger partial charge is 0.383 e. The molecule has 0 saturated heterocycles. The molecule has 1 heterocycles. The summed E-state index contributed by atoms with van der Waals surface area (Å²) < 4.78 is 6.58. The summed E-state index contributed by atoms with van der Waals surface area (Å²) in [5.41, 5.74) is 5.32. The molecule has 0 aromatic carbocycles. The Morgan fingerprint density at radius 3 is 3.09 bits per heavy atom. The summed E-state index contributed by atoms with van der Waals surface area (Å²) in [5.74, 6) is 0.668. The molecule has 0 atom stereocenters. The van der Waals surface area contributed by atoms with Gasteiger partial charge in [-0.25, -0.2) is 4.98 Å². The van der Waals surface area contributed by atoms with Crippen LogP contribution in [0, 0.1) is 0 Å². The van der Waals surface area contributed by atoms with Gasteiger partial charge in [-0.1, -0.05) is 0 Å². The normalized spacial score (nSPS) is 10.4. The first-order valence-corrected chi connectivity index (χ1v) is 3.44. The Hall–Kier alpha value is -0.940. The van der Waals surface area contributed by atoms with E-state index in [1.165, 1.54) is 0 Å². The van der Waals surface area contributed by atoms with Gasteiger partial charge in [-0.3, -0.25) is 4.68 Å². The minimum atomic E-state index is 0.389. The lowest BCUT2D eigenvalue weighted by atomic mass is 10.6. The van der Waals surface area contributed by atoms with E-state index >= 15 is 0 Å². The van der Waals surface area contributed by atoms with Gasteiger partial charge in [-0.15, -0.1) is 0 Å². The molecule has 2 N–H and O–H groups in total. The number of rotatable bonds is 4. The topological polar surface area (TPSA) is 66.0 Å². The second-order valence-electron chi connectivity index (χ2n) is 2.12. The van der Waals surface area contributed by atoms with Crippen molar-refractivity contribution in [2.75, 3.05) is 13.7 Å². The number of nitrogens with two attached hydrogens (primary N) is 1. The average Bonchev–Trinajstić information content (AvgIpc) is 2.48. The van der Waals surface area contributed by atoms with Crippen LogP contribution in [0.25, 0.3) is 0 Å². The van der Waals surface area contributed by atoms with E-state index < -0.39 is 0 Å². The van der Waals surface area contributed by atoms with Crippen molar-refractivity contribution >= 4 is 0 Å². The van der Waals surface area contributed by atoms with Gasteiger partial charge >= 0.3 is 0 Å². The molecule has 5 heteroatoms. The molecule has 1 aromatic rings. The predicted molar refractivity (Wildman–Crippen MR) is 39.8 cm³/mol. The quantitative estimate of drug-likeness (QED) is 0.631. The lowest BCUT2D eigenvalue weighted by Gasteiger charge is -1.96. The van der Waals surface area contributed by atoms with Gasteiger partial charge in [-0.2, -0.15) is 5.10 Å². The number of aromatic nitrogens is 3. The maximum Gasteiger partial charge on any atom is 0.164 e. The molecule has 0 aliphatic carbocycles. The molecule has 0 fully saturated rings. The summed E-state index contributed by atoms with van der Waals surface area (Å²) in [6.45, 7) is 1.76. The van der Waals surface area contributed by atoms with Crippen molar-refractivity contribution in [3.8, 4) is 0 Å². The molecule has 0 unspecified atom stereocenters. The molecule has 0 saturated carbocycles. The van der Waals surface area contributed by atoms with Crippen LogP contribution in [0.3, 0.4) is 0 Å². The summed E-state index contributed by atoms with van der Waals surface area (Å²) in [7, 11) is 1.65. The predicted octanol–water partition coefficient (Wildman–Crippen LogP) is -0.617. The van der Waals surface area contributed by atoms with E-state index in [0.717, 1.165) is 6.54 Å². The second kappa shape index (κ2) is 4.05. The van der Waals surface area contributed by atoms with Gasteiger partial charge in [0.1, 0.15) is 6.33 Å². The van der Waals surface area contributed by atoms with E-state index in [9.17, 15) is 0 Å². The summed E-state index contributed by atoms with van der Waals surface area (Å²) in [6, 6.07) is 0. The SMILES string of the molecule is COCCn1cnc(CN)n1. The molecule has 11 heavy (non-hydrogen) atoms. The summed E-state index contributed by atoms with van der Waals surface area (Å²) in [5, 5.41) is 4.07. The van der Waals surface area contributed by atoms with Crippen molar-refractivity contribution in [3.63, 3.8) is 0 Å². The molecule has 0 amide bonds. The molecule has 0 bridgehead atoms. The number of ether oxygens (including phenoxy) is 1. The van der Waals surface area contributed by atoms with Crippen LogP contribution < -0.4 is 5.73 Å². The highest BCUT2D eigenvalue weighted by Gasteiger charge is 1.96. The first-order valence-electron chi connectivity index (χ1n) is 3.44. The molecule has 1 rings (SSSR count). The minimum Gasteiger partial charge on any atom is -0.383 e. The highest BCUT2D eigenvalue weighted by molar-refractivity contribution is 4.78. The van der Waals surface area contributed by atoms with Crippen LogP contribution >= 0.6 is 0 Å². The number of hydrogen-bond acceptors (Lipinski definition) is 4. The zero-order valence-corrected chi connectivity index (χ0v) is 6.53. The standard InChI is InChI=1S/C6H12N4O/c1-11-3-2-10-5-8-6(4-7)9-10/h5H,2-4,7H2,1H3. The van der Waals surface area contributed by atoms with Gasteiger partial charge in [-0.05, 0) is 0 Å². The van der Waals surface area contributed by atoms with Crippen LogP contribution in [0.1, 0.15) is 5.82 Å². The summed E-state index contributed by atoms with van der Waals surface area (Å²) >= 11 is 0. The zero-order valence-electron chi connectivity index (χ0n) is 6.53. The fourth-order valence-corrected chi connectivity index (χ4v) is 0.719. The maximum atomic E-state index is 5.32. The van der Waals surface area contributed by atoms with E-state index in [0.29, 0.717) is 19.0 Å². The fourth-order valence-electron chi connectivity index (χ4n) is 0.719. The van der Waals surface area contributed by atoms with E-state index in [2.05, 4.69) is 10.1 Å². The van der Waals surface area contributed by atoms with Gasteiger partial charge in [0.05, 0.1) is 19.7 Å². The van der Waals surface area contributed by atoms with Crippen molar-refractivity contribution in [2.45, 2.75) is 13.1 Å². The van der Waals surface area contributed by atoms with Crippen molar-refractivity contribution in [1.29, 1.82) is 0 Å². The lowest BCUT2D eigenvalue weighted by Crippen LogP contribution is -2.06. The zero-order chi connectivity index (χ0) is 8.10. The van der Waals surface area contributed by atoms with Crippen molar-refractivity contribution < 1.29 is 4.74 Å². The molecule has 62 valence electrons. The fraction of sp³-hybridized carbons (Fsp3) is 0.667. The van der Waals surface area contributed by atoms with Crippen molar-refractivity contribution in [1.82, 2.24) is 14.8 Å². The third kappa shape index (κ3) is 2.28. The Labute approximate surface area is 65.2 Å². The van der Waals surface area contributed by atoms with Crippen LogP contribution in [0.15, 0.2) is 6.33 Å². The Bertz CT molecular complexity index is 210. The molecule has 0 radical (unpaired) electrons. The van der Waals surface area contributed by atoms with Crippen LogP contribution in [0.5, 0.6) is 0 Å². The van der Waals surface area contributed by atoms with Crippen molar-refractivity contribution in [3.05, 3.63) is 12.2 Å². The van der Waals surface area contributed by atoms with E-state index in [1.54, 1.807) is 18.1 Å². The van der Waals surface area contributed by atoms with Gasteiger partial charge in [0.25, 0.3) is 0 Å². The van der Waals surface area contributed by atoms with Crippen LogP contribution in [-0.2, 0) is 17.8 Å². The number of methoxy groups -OCH3 is 1. The van der Waals surface area contributed by atoms with Crippen LogP contribution in [0.4, 0.5) is 0 Å². The molecular weight excluding hydrogens is 144 g/mol. The van der Waals surface area contributed by atoms with E-state index in [-0.39, 0.29) is 0 Å². The smallest absolute Gasteiger partial charge is 0.164 e. The molecule has 0 spiro atoms. The molecule has 5 nitrogen and oxygen atoms in total. The first kappa shape index (κ1) is 8.16. The minimum absolute atomic E-state index is 0.389. The summed E-state index contributed by atoms with van der Waals surface area (Å²) in [4.78, 5) is 3.96. The van der Waals surface area contributed by atoms with Gasteiger partial charge < -0.3 is 10.5 Å². The van der Waals surface area contributed by atoms with E-state index in [4.69, 9.17) is 10.5 Å². The van der Waals surface area contributed by atoms with Crippen molar-refractivity contribution in [2.24, 2.45) is 5.73 Å². The molecule has 1 aromatic heterocycles.